The second kappa shape index (κ2) is 7.82. The summed E-state index contributed by atoms with van der Waals surface area (Å²) in [6.45, 7) is 3.48. The lowest BCUT2D eigenvalue weighted by molar-refractivity contribution is -0.128. The van der Waals surface area contributed by atoms with Crippen molar-refractivity contribution in [3.8, 4) is 11.1 Å². The number of carbonyl (C=O) groups excluding carboxylic acids is 1. The maximum absolute atomic E-state index is 14.9. The van der Waals surface area contributed by atoms with Gasteiger partial charge >= 0.3 is 5.97 Å². The molecule has 2 heterocycles. The van der Waals surface area contributed by atoms with Crippen molar-refractivity contribution in [3.63, 3.8) is 0 Å². The quantitative estimate of drug-likeness (QED) is 0.560. The normalized spacial score (nSPS) is 15.8. The number of carboxylic acids is 1. The van der Waals surface area contributed by atoms with Crippen LogP contribution in [0.25, 0.3) is 22.0 Å². The van der Waals surface area contributed by atoms with Gasteiger partial charge < -0.3 is 20.1 Å². The maximum atomic E-state index is 14.9. The number of aromatic carboxylic acids is 1. The number of fused-ring (bicyclic) bond motifs is 3. The fourth-order valence-corrected chi connectivity index (χ4v) is 4.75. The van der Waals surface area contributed by atoms with Crippen LogP contribution in [0.4, 0.5) is 4.39 Å². The molecule has 4 rings (SSSR count). The molecule has 0 saturated carbocycles. The molecule has 3 N–H and O–H groups in total. The molecule has 0 saturated heterocycles. The molecule has 0 bridgehead atoms. The zero-order valence-electron chi connectivity index (χ0n) is 16.7. The number of carboxylic acid groups (broad SMARTS) is 1. The Balaban J connectivity index is 1.75. The second-order valence-electron chi connectivity index (χ2n) is 7.34. The van der Waals surface area contributed by atoms with Gasteiger partial charge in [-0.3, -0.25) is 9.59 Å². The molecule has 9 heteroatoms. The summed E-state index contributed by atoms with van der Waals surface area (Å²) < 4.78 is 16.7. The minimum absolute atomic E-state index is 0.0343. The van der Waals surface area contributed by atoms with Gasteiger partial charge in [0.1, 0.15) is 17.5 Å². The highest BCUT2D eigenvalue weighted by atomic mass is 32.2. The van der Waals surface area contributed by atoms with Gasteiger partial charge in [0, 0.05) is 17.5 Å². The molecule has 2 atom stereocenters. The van der Waals surface area contributed by atoms with E-state index in [0.29, 0.717) is 16.1 Å². The third-order valence-corrected chi connectivity index (χ3v) is 6.40. The highest BCUT2D eigenvalue weighted by molar-refractivity contribution is 8.00. The molecule has 2 unspecified atom stereocenters. The smallest absolute Gasteiger partial charge is 0.342 e. The number of aliphatic hydroxyl groups is 1. The summed E-state index contributed by atoms with van der Waals surface area (Å²) in [6, 6.07) is 9.54. The number of rotatable bonds is 5. The SMILES string of the molecule is CC(O)C(=O)NCc1ccc(-c2cc3c(cc2F)c(=O)c(C(=O)O)c2n3C(C)S2)cc1. The van der Waals surface area contributed by atoms with Gasteiger partial charge in [0.15, 0.2) is 0 Å². The number of benzene rings is 2. The number of carbonyl (C=O) groups is 2. The molecule has 1 amide bonds. The Morgan fingerprint density at radius 3 is 2.52 bits per heavy atom. The molecule has 7 nitrogen and oxygen atoms in total. The number of hydrogen-bond acceptors (Lipinski definition) is 5. The largest absolute Gasteiger partial charge is 0.477 e. The molecule has 0 radical (unpaired) electrons. The number of aromatic nitrogens is 1. The van der Waals surface area contributed by atoms with Gasteiger partial charge in [-0.2, -0.15) is 0 Å². The van der Waals surface area contributed by atoms with E-state index in [4.69, 9.17) is 0 Å². The molecule has 31 heavy (non-hydrogen) atoms. The molecule has 1 aliphatic rings. The van der Waals surface area contributed by atoms with Gasteiger partial charge in [-0.15, -0.1) is 0 Å². The summed E-state index contributed by atoms with van der Waals surface area (Å²) in [4.78, 5) is 35.7. The van der Waals surface area contributed by atoms with Crippen molar-refractivity contribution in [1.29, 1.82) is 0 Å². The van der Waals surface area contributed by atoms with Crippen molar-refractivity contribution in [2.45, 2.75) is 36.9 Å². The highest BCUT2D eigenvalue weighted by Gasteiger charge is 2.33. The monoisotopic (exact) mass is 442 g/mol. The fraction of sp³-hybridized carbons (Fsp3) is 0.227. The number of aliphatic hydroxyl groups excluding tert-OH is 1. The number of nitrogens with zero attached hydrogens (tertiary/aromatic N) is 1. The lowest BCUT2D eigenvalue weighted by Crippen LogP contribution is -2.31. The van der Waals surface area contributed by atoms with Gasteiger partial charge in [0.05, 0.1) is 15.9 Å². The first-order valence-electron chi connectivity index (χ1n) is 9.55. The minimum atomic E-state index is -1.32. The molecule has 0 fully saturated rings. The van der Waals surface area contributed by atoms with E-state index in [1.807, 2.05) is 6.92 Å². The van der Waals surface area contributed by atoms with Crippen molar-refractivity contribution >= 4 is 34.5 Å². The summed E-state index contributed by atoms with van der Waals surface area (Å²) in [7, 11) is 0. The van der Waals surface area contributed by atoms with Gasteiger partial charge in [-0.25, -0.2) is 9.18 Å². The first kappa shape index (κ1) is 21.1. The van der Waals surface area contributed by atoms with E-state index in [9.17, 15) is 29.0 Å². The van der Waals surface area contributed by atoms with Crippen molar-refractivity contribution in [2.24, 2.45) is 0 Å². The van der Waals surface area contributed by atoms with E-state index in [1.54, 1.807) is 34.9 Å². The standard InChI is InChI=1S/C22H19FN2O5S/c1-10(26)20(28)24-9-12-3-5-13(6-4-12)14-8-17-15(7-16(14)23)19(27)18(22(29)30)21-25(17)11(2)31-21/h3-8,10-11,26H,9H2,1-2H3,(H,24,28)(H,29,30). The van der Waals surface area contributed by atoms with Crippen LogP contribution in [0.15, 0.2) is 46.2 Å². The van der Waals surface area contributed by atoms with Crippen LogP contribution in [-0.4, -0.2) is 32.8 Å². The predicted molar refractivity (Wildman–Crippen MR) is 115 cm³/mol. The number of hydrogen-bond donors (Lipinski definition) is 3. The average Bonchev–Trinajstić information content (AvgIpc) is 2.71. The van der Waals surface area contributed by atoms with Crippen LogP contribution < -0.4 is 10.7 Å². The zero-order valence-corrected chi connectivity index (χ0v) is 17.5. The third kappa shape index (κ3) is 3.60. The van der Waals surface area contributed by atoms with Crippen LogP contribution in [0.5, 0.6) is 0 Å². The Labute approximate surface area is 180 Å². The van der Waals surface area contributed by atoms with E-state index < -0.39 is 29.2 Å². The lowest BCUT2D eigenvalue weighted by Gasteiger charge is -2.32. The molecule has 160 valence electrons. The Morgan fingerprint density at radius 2 is 1.94 bits per heavy atom. The maximum Gasteiger partial charge on any atom is 0.342 e. The van der Waals surface area contributed by atoms with Gasteiger partial charge in [-0.05, 0) is 37.1 Å². The van der Waals surface area contributed by atoms with Crippen molar-refractivity contribution < 1.29 is 24.2 Å². The van der Waals surface area contributed by atoms with E-state index in [-0.39, 0.29) is 28.4 Å². The van der Waals surface area contributed by atoms with Crippen LogP contribution in [0, 0.1) is 5.82 Å². The van der Waals surface area contributed by atoms with Crippen molar-refractivity contribution in [3.05, 3.63) is 63.6 Å². The number of amides is 1. The van der Waals surface area contributed by atoms with Gasteiger partial charge in [0.25, 0.3) is 0 Å². The summed E-state index contributed by atoms with van der Waals surface area (Å²) in [6.07, 6.45) is -1.10. The number of halogens is 1. The van der Waals surface area contributed by atoms with E-state index in [2.05, 4.69) is 5.32 Å². The molecule has 3 aromatic rings. The van der Waals surface area contributed by atoms with Crippen molar-refractivity contribution in [1.82, 2.24) is 9.88 Å². The van der Waals surface area contributed by atoms with Crippen LogP contribution in [-0.2, 0) is 11.3 Å². The Morgan fingerprint density at radius 1 is 1.26 bits per heavy atom. The molecule has 0 spiro atoms. The molecule has 2 aromatic carbocycles. The summed E-state index contributed by atoms with van der Waals surface area (Å²) in [5.41, 5.74) is 1.10. The lowest BCUT2D eigenvalue weighted by atomic mass is 10.00. The Kier molecular flexibility index (Phi) is 5.32. The minimum Gasteiger partial charge on any atom is -0.477 e. The topological polar surface area (TPSA) is 109 Å². The van der Waals surface area contributed by atoms with Crippen LogP contribution in [0.3, 0.4) is 0 Å². The molecule has 0 aliphatic carbocycles. The number of pyridine rings is 1. The fourth-order valence-electron chi connectivity index (χ4n) is 3.60. The Bertz CT molecular complexity index is 1280. The summed E-state index contributed by atoms with van der Waals surface area (Å²) >= 11 is 1.29. The summed E-state index contributed by atoms with van der Waals surface area (Å²) in [5, 5.41) is 21.6. The highest BCUT2D eigenvalue weighted by Crippen LogP contribution is 2.46. The molecule has 1 aromatic heterocycles. The third-order valence-electron chi connectivity index (χ3n) is 5.22. The zero-order chi connectivity index (χ0) is 22.4. The van der Waals surface area contributed by atoms with E-state index in [0.717, 1.165) is 11.6 Å². The first-order valence-corrected chi connectivity index (χ1v) is 10.4. The Hall–Kier alpha value is -3.17. The van der Waals surface area contributed by atoms with Crippen LogP contribution in [0.2, 0.25) is 0 Å². The number of nitrogens with one attached hydrogen (secondary N) is 1. The molecular formula is C22H19FN2O5S. The van der Waals surface area contributed by atoms with Gasteiger partial charge in [0.2, 0.25) is 11.3 Å². The summed E-state index contributed by atoms with van der Waals surface area (Å²) in [5.74, 6) is -2.44. The molecular weight excluding hydrogens is 423 g/mol. The van der Waals surface area contributed by atoms with E-state index >= 15 is 0 Å². The number of thioether (sulfide) groups is 1. The average molecular weight is 442 g/mol. The van der Waals surface area contributed by atoms with Crippen LogP contribution >= 0.6 is 11.8 Å². The second-order valence-corrected chi connectivity index (χ2v) is 8.65. The van der Waals surface area contributed by atoms with E-state index in [1.165, 1.54) is 18.7 Å². The predicted octanol–water partition coefficient (Wildman–Crippen LogP) is 3.13. The van der Waals surface area contributed by atoms with Crippen LogP contribution in [0.1, 0.15) is 35.1 Å². The van der Waals surface area contributed by atoms with Gasteiger partial charge in [-0.1, -0.05) is 36.0 Å². The first-order chi connectivity index (χ1) is 14.7. The molecule has 1 aliphatic heterocycles. The van der Waals surface area contributed by atoms with Crippen molar-refractivity contribution in [2.75, 3.05) is 0 Å².